The molecule has 1 aromatic rings. The quantitative estimate of drug-likeness (QED) is 0.902. The van der Waals surface area contributed by atoms with Crippen LogP contribution in [0.3, 0.4) is 0 Å². The average Bonchev–Trinajstić information content (AvgIpc) is 2.47. The molecule has 0 spiro atoms. The first-order valence-corrected chi connectivity index (χ1v) is 8.44. The third kappa shape index (κ3) is 3.86. The minimum Gasteiger partial charge on any atom is -0.342 e. The number of hydrogen-bond donors (Lipinski definition) is 1. The van der Waals surface area contributed by atoms with Gasteiger partial charge in [0.05, 0.1) is 5.41 Å². The predicted octanol–water partition coefficient (Wildman–Crippen LogP) is 3.18. The summed E-state index contributed by atoms with van der Waals surface area (Å²) in [5.74, 6) is 0.941. The van der Waals surface area contributed by atoms with E-state index in [1.165, 1.54) is 0 Å². The zero-order chi connectivity index (χ0) is 15.5. The second kappa shape index (κ2) is 6.93. The van der Waals surface area contributed by atoms with Crippen molar-refractivity contribution in [3.05, 3.63) is 34.3 Å². The highest BCUT2D eigenvalue weighted by Crippen LogP contribution is 2.29. The van der Waals surface area contributed by atoms with Crippen molar-refractivity contribution in [2.24, 2.45) is 5.92 Å². The molecule has 0 unspecified atom stereocenters. The van der Waals surface area contributed by atoms with Crippen molar-refractivity contribution in [1.82, 2.24) is 10.2 Å². The van der Waals surface area contributed by atoms with Crippen LogP contribution in [0.4, 0.5) is 0 Å². The van der Waals surface area contributed by atoms with Crippen molar-refractivity contribution in [2.75, 3.05) is 26.7 Å². The van der Waals surface area contributed by atoms with Crippen molar-refractivity contribution in [1.29, 1.82) is 0 Å². The molecule has 3 nitrogen and oxygen atoms in total. The number of rotatable bonds is 4. The van der Waals surface area contributed by atoms with Crippen molar-refractivity contribution >= 4 is 21.8 Å². The van der Waals surface area contributed by atoms with Gasteiger partial charge in [0, 0.05) is 17.6 Å². The first kappa shape index (κ1) is 16.5. The van der Waals surface area contributed by atoms with E-state index < -0.39 is 5.41 Å². The molecule has 1 amide bonds. The number of nitrogens with zero attached hydrogens (tertiary/aromatic N) is 1. The molecule has 1 aromatic carbocycles. The van der Waals surface area contributed by atoms with Gasteiger partial charge in [0.2, 0.25) is 5.91 Å². The lowest BCUT2D eigenvalue weighted by Crippen LogP contribution is -2.47. The molecule has 0 aliphatic carbocycles. The van der Waals surface area contributed by atoms with Crippen LogP contribution >= 0.6 is 15.9 Å². The van der Waals surface area contributed by atoms with Gasteiger partial charge in [0.1, 0.15) is 0 Å². The summed E-state index contributed by atoms with van der Waals surface area (Å²) >= 11 is 3.49. The Kier molecular flexibility index (Phi) is 5.44. The molecular weight excluding hydrogens is 328 g/mol. The molecule has 0 aromatic heterocycles. The molecule has 1 N–H and O–H groups in total. The second-order valence-electron chi connectivity index (χ2n) is 6.43. The third-order valence-electron chi connectivity index (χ3n) is 4.48. The number of hydrogen-bond acceptors (Lipinski definition) is 2. The lowest BCUT2D eigenvalue weighted by atomic mass is 9.82. The van der Waals surface area contributed by atoms with Crippen LogP contribution in [0.15, 0.2) is 28.7 Å². The van der Waals surface area contributed by atoms with E-state index in [0.717, 1.165) is 42.5 Å². The normalized spacial score (nSPS) is 17.0. The Balaban J connectivity index is 2.05. The smallest absolute Gasteiger partial charge is 0.232 e. The highest BCUT2D eigenvalue weighted by atomic mass is 79.9. The molecule has 0 radical (unpaired) electrons. The molecule has 1 heterocycles. The summed E-state index contributed by atoms with van der Waals surface area (Å²) in [5, 5.41) is 3.24. The van der Waals surface area contributed by atoms with Crippen molar-refractivity contribution in [3.63, 3.8) is 0 Å². The Morgan fingerprint density at radius 3 is 2.62 bits per heavy atom. The van der Waals surface area contributed by atoms with E-state index in [0.29, 0.717) is 5.92 Å². The number of amides is 1. The fraction of sp³-hybridized carbons (Fsp3) is 0.588. The Morgan fingerprint density at radius 2 is 2.05 bits per heavy atom. The maximum absolute atomic E-state index is 12.9. The molecular formula is C17H25BrN2O. The first-order chi connectivity index (χ1) is 9.95. The van der Waals surface area contributed by atoms with Gasteiger partial charge in [0.15, 0.2) is 0 Å². The van der Waals surface area contributed by atoms with Gasteiger partial charge < -0.3 is 10.2 Å². The van der Waals surface area contributed by atoms with E-state index in [1.54, 1.807) is 0 Å². The predicted molar refractivity (Wildman–Crippen MR) is 90.4 cm³/mol. The minimum atomic E-state index is -0.473. The molecule has 1 aliphatic rings. The fourth-order valence-electron chi connectivity index (χ4n) is 3.02. The van der Waals surface area contributed by atoms with Gasteiger partial charge in [-0.05, 0) is 63.9 Å². The molecule has 1 fully saturated rings. The average molecular weight is 353 g/mol. The number of benzene rings is 1. The van der Waals surface area contributed by atoms with Crippen LogP contribution in [0.1, 0.15) is 32.3 Å². The Morgan fingerprint density at radius 1 is 1.38 bits per heavy atom. The molecule has 1 saturated heterocycles. The monoisotopic (exact) mass is 352 g/mol. The highest BCUT2D eigenvalue weighted by molar-refractivity contribution is 9.10. The number of likely N-dealkylation sites (tertiary alicyclic amines) is 1. The SMILES string of the molecule is CNCC1CCN(C(=O)C(C)(C)c2cccc(Br)c2)CC1. The molecule has 116 valence electrons. The summed E-state index contributed by atoms with van der Waals surface area (Å²) in [6, 6.07) is 8.07. The third-order valence-corrected chi connectivity index (χ3v) is 4.97. The molecule has 0 atom stereocenters. The molecule has 2 rings (SSSR count). The van der Waals surface area contributed by atoms with Crippen LogP contribution in [0, 0.1) is 5.92 Å². The van der Waals surface area contributed by atoms with Gasteiger partial charge in [-0.3, -0.25) is 4.79 Å². The summed E-state index contributed by atoms with van der Waals surface area (Å²) in [7, 11) is 1.99. The van der Waals surface area contributed by atoms with Crippen LogP contribution in [0.2, 0.25) is 0 Å². The van der Waals surface area contributed by atoms with Gasteiger partial charge in [0.25, 0.3) is 0 Å². The number of carbonyl (C=O) groups is 1. The van der Waals surface area contributed by atoms with Crippen LogP contribution in [-0.2, 0) is 10.2 Å². The summed E-state index contributed by atoms with van der Waals surface area (Å²) in [4.78, 5) is 14.9. The van der Waals surface area contributed by atoms with Crippen LogP contribution < -0.4 is 5.32 Å². The van der Waals surface area contributed by atoms with E-state index >= 15 is 0 Å². The first-order valence-electron chi connectivity index (χ1n) is 7.65. The van der Waals surface area contributed by atoms with Crippen LogP contribution in [-0.4, -0.2) is 37.5 Å². The van der Waals surface area contributed by atoms with Crippen molar-refractivity contribution in [2.45, 2.75) is 32.1 Å². The lowest BCUT2D eigenvalue weighted by Gasteiger charge is -2.37. The molecule has 0 saturated carbocycles. The van der Waals surface area contributed by atoms with E-state index in [9.17, 15) is 4.79 Å². The fourth-order valence-corrected chi connectivity index (χ4v) is 3.42. The maximum atomic E-state index is 12.9. The Hall–Kier alpha value is -0.870. The van der Waals surface area contributed by atoms with E-state index in [2.05, 4.69) is 21.2 Å². The number of carbonyl (C=O) groups excluding carboxylic acids is 1. The summed E-state index contributed by atoms with van der Waals surface area (Å²) in [6.45, 7) is 6.86. The van der Waals surface area contributed by atoms with E-state index in [1.807, 2.05) is 50.1 Å². The second-order valence-corrected chi connectivity index (χ2v) is 7.34. The van der Waals surface area contributed by atoms with Crippen LogP contribution in [0.25, 0.3) is 0 Å². The van der Waals surface area contributed by atoms with Crippen LogP contribution in [0.5, 0.6) is 0 Å². The number of piperidine rings is 1. The zero-order valence-electron chi connectivity index (χ0n) is 13.2. The lowest BCUT2D eigenvalue weighted by molar-refractivity contribution is -0.137. The number of nitrogens with one attached hydrogen (secondary N) is 1. The molecule has 0 bridgehead atoms. The maximum Gasteiger partial charge on any atom is 0.232 e. The summed E-state index contributed by atoms with van der Waals surface area (Å²) in [6.07, 6.45) is 2.20. The van der Waals surface area contributed by atoms with Gasteiger partial charge in [-0.2, -0.15) is 0 Å². The largest absolute Gasteiger partial charge is 0.342 e. The van der Waals surface area contributed by atoms with Gasteiger partial charge >= 0.3 is 0 Å². The summed E-state index contributed by atoms with van der Waals surface area (Å²) < 4.78 is 1.02. The molecule has 1 aliphatic heterocycles. The zero-order valence-corrected chi connectivity index (χ0v) is 14.7. The summed E-state index contributed by atoms with van der Waals surface area (Å²) in [5.41, 5.74) is 0.596. The topological polar surface area (TPSA) is 32.3 Å². The highest BCUT2D eigenvalue weighted by Gasteiger charge is 2.35. The van der Waals surface area contributed by atoms with Gasteiger partial charge in [-0.15, -0.1) is 0 Å². The van der Waals surface area contributed by atoms with Crippen molar-refractivity contribution < 1.29 is 4.79 Å². The van der Waals surface area contributed by atoms with E-state index in [-0.39, 0.29) is 5.91 Å². The van der Waals surface area contributed by atoms with Gasteiger partial charge in [-0.25, -0.2) is 0 Å². The number of halogens is 1. The van der Waals surface area contributed by atoms with E-state index in [4.69, 9.17) is 0 Å². The van der Waals surface area contributed by atoms with Gasteiger partial charge in [-0.1, -0.05) is 28.1 Å². The Labute approximate surface area is 136 Å². The Bertz CT molecular complexity index is 493. The van der Waals surface area contributed by atoms with Crippen molar-refractivity contribution in [3.8, 4) is 0 Å². The molecule has 21 heavy (non-hydrogen) atoms. The molecule has 4 heteroatoms. The standard InChI is InChI=1S/C17H25BrN2O/c1-17(2,14-5-4-6-15(18)11-14)16(21)20-9-7-13(8-10-20)12-19-3/h4-6,11,13,19H,7-10,12H2,1-3H3. The minimum absolute atomic E-state index is 0.239.